The molecule has 1 aliphatic carbocycles. The van der Waals surface area contributed by atoms with Crippen LogP contribution in [0.3, 0.4) is 0 Å². The second kappa shape index (κ2) is 12.2. The van der Waals surface area contributed by atoms with E-state index in [2.05, 4.69) is 19.9 Å². The van der Waals surface area contributed by atoms with Gasteiger partial charge < -0.3 is 29.8 Å². The van der Waals surface area contributed by atoms with Crippen LogP contribution in [-0.4, -0.2) is 60.2 Å². The van der Waals surface area contributed by atoms with Crippen LogP contribution in [0.2, 0.25) is 0 Å². The number of H-pyrrole nitrogens is 1. The maximum absolute atomic E-state index is 13.4. The molecule has 0 bridgehead atoms. The van der Waals surface area contributed by atoms with Crippen LogP contribution in [0.15, 0.2) is 60.8 Å². The fourth-order valence-corrected chi connectivity index (χ4v) is 6.13. The Kier molecular flexibility index (Phi) is 8.01. The van der Waals surface area contributed by atoms with Crippen molar-refractivity contribution in [3.05, 3.63) is 77.6 Å². The van der Waals surface area contributed by atoms with Gasteiger partial charge in [-0.05, 0) is 73.9 Å². The van der Waals surface area contributed by atoms with Crippen LogP contribution in [0.5, 0.6) is 5.75 Å². The first-order chi connectivity index (χ1) is 21.3. The third-order valence-electron chi connectivity index (χ3n) is 8.25. The molecule has 11 heteroatoms. The van der Waals surface area contributed by atoms with Crippen molar-refractivity contribution < 1.29 is 29.3 Å². The van der Waals surface area contributed by atoms with Crippen molar-refractivity contribution in [3.8, 4) is 17.3 Å². The van der Waals surface area contributed by atoms with E-state index in [4.69, 9.17) is 14.8 Å². The van der Waals surface area contributed by atoms with Crippen LogP contribution < -0.4 is 10.1 Å². The molecule has 0 unspecified atom stereocenters. The Balaban J connectivity index is 1.28. The molecular formula is C33H33N5O6. The maximum atomic E-state index is 13.4. The molecule has 0 aliphatic heterocycles. The predicted octanol–water partition coefficient (Wildman–Crippen LogP) is 5.28. The average Bonchev–Trinajstić information content (AvgIpc) is 3.56. The lowest BCUT2D eigenvalue weighted by Gasteiger charge is -2.25. The van der Waals surface area contributed by atoms with Gasteiger partial charge in [0.15, 0.2) is 12.4 Å². The molecule has 3 aromatic heterocycles. The molecule has 0 spiro atoms. The monoisotopic (exact) mass is 595 g/mol. The van der Waals surface area contributed by atoms with Gasteiger partial charge in [0.1, 0.15) is 17.5 Å². The number of carbonyl (C=O) groups is 3. The summed E-state index contributed by atoms with van der Waals surface area (Å²) in [5.41, 5.74) is 4.82. The van der Waals surface area contributed by atoms with Crippen LogP contribution in [0.1, 0.15) is 59.8 Å². The largest absolute Gasteiger partial charge is 0.482 e. The number of imidazole rings is 1. The highest BCUT2D eigenvalue weighted by Gasteiger charge is 2.26. The topological polar surface area (TPSA) is 159 Å². The van der Waals surface area contributed by atoms with Gasteiger partial charge in [-0.15, -0.1) is 0 Å². The number of pyridine rings is 1. The van der Waals surface area contributed by atoms with Gasteiger partial charge in [-0.1, -0.05) is 25.3 Å². The van der Waals surface area contributed by atoms with Gasteiger partial charge in [0.05, 0.1) is 11.0 Å². The molecule has 1 saturated carbocycles. The number of nitrogens with zero attached hydrogens (tertiary/aromatic N) is 3. The predicted molar refractivity (Wildman–Crippen MR) is 164 cm³/mol. The van der Waals surface area contributed by atoms with E-state index < -0.39 is 30.5 Å². The van der Waals surface area contributed by atoms with Crippen molar-refractivity contribution in [2.75, 3.05) is 6.61 Å². The molecule has 1 fully saturated rings. The zero-order valence-electron chi connectivity index (χ0n) is 24.2. The second-order valence-corrected chi connectivity index (χ2v) is 11.2. The quantitative estimate of drug-likeness (QED) is 0.170. The van der Waals surface area contributed by atoms with E-state index in [9.17, 15) is 19.5 Å². The standard InChI is InChI=1S/C33H33N5O6/c1-19-23(24-16-22(44-18-30(39)40)11-12-25(24)35-19)17-28(33(42)43)37-32(41)20-10-13-29-27(15-20)36-31(26-9-5-6-14-34-26)38(29)21-7-3-2-4-8-21/h5-6,9-16,21,28,35H,2-4,7-8,17-18H2,1H3,(H,37,41)(H,39,40)(H,42,43)/t28-/m0/s1. The Hall–Kier alpha value is -5.19. The van der Waals surface area contributed by atoms with E-state index in [1.54, 1.807) is 36.5 Å². The summed E-state index contributed by atoms with van der Waals surface area (Å²) >= 11 is 0. The first-order valence-corrected chi connectivity index (χ1v) is 14.7. The van der Waals surface area contributed by atoms with Crippen LogP contribution in [0.25, 0.3) is 33.5 Å². The van der Waals surface area contributed by atoms with Crippen molar-refractivity contribution in [3.63, 3.8) is 0 Å². The summed E-state index contributed by atoms with van der Waals surface area (Å²) in [7, 11) is 0. The van der Waals surface area contributed by atoms with Crippen molar-refractivity contribution in [1.29, 1.82) is 0 Å². The lowest BCUT2D eigenvalue weighted by Crippen LogP contribution is -2.42. The fourth-order valence-electron chi connectivity index (χ4n) is 6.13. The summed E-state index contributed by atoms with van der Waals surface area (Å²) in [6.07, 6.45) is 7.37. The molecule has 0 saturated heterocycles. The summed E-state index contributed by atoms with van der Waals surface area (Å²) in [6, 6.07) is 15.2. The van der Waals surface area contributed by atoms with Gasteiger partial charge in [0, 0.05) is 40.8 Å². The normalized spacial score (nSPS) is 14.5. The number of hydrogen-bond donors (Lipinski definition) is 4. The number of benzene rings is 2. The molecular weight excluding hydrogens is 562 g/mol. The average molecular weight is 596 g/mol. The van der Waals surface area contributed by atoms with Crippen molar-refractivity contribution in [1.82, 2.24) is 24.8 Å². The molecule has 1 aliphatic rings. The van der Waals surface area contributed by atoms with Crippen LogP contribution in [0.4, 0.5) is 0 Å². The highest BCUT2D eigenvalue weighted by Crippen LogP contribution is 2.36. The summed E-state index contributed by atoms with van der Waals surface area (Å²) in [6.45, 7) is 1.33. The number of fused-ring (bicyclic) bond motifs is 2. The van der Waals surface area contributed by atoms with E-state index in [0.717, 1.165) is 53.9 Å². The third kappa shape index (κ3) is 5.85. The van der Waals surface area contributed by atoms with E-state index in [1.165, 1.54) is 6.42 Å². The van der Waals surface area contributed by atoms with Crippen LogP contribution in [0, 0.1) is 6.92 Å². The molecule has 11 nitrogen and oxygen atoms in total. The lowest BCUT2D eigenvalue weighted by atomic mass is 9.95. The number of nitrogens with one attached hydrogen (secondary N) is 2. The smallest absolute Gasteiger partial charge is 0.341 e. The van der Waals surface area contributed by atoms with Crippen molar-refractivity contribution >= 4 is 39.8 Å². The third-order valence-corrected chi connectivity index (χ3v) is 8.25. The number of aromatic nitrogens is 4. The first-order valence-electron chi connectivity index (χ1n) is 14.7. The van der Waals surface area contributed by atoms with Crippen molar-refractivity contribution in [2.24, 2.45) is 0 Å². The zero-order chi connectivity index (χ0) is 30.8. The number of amides is 1. The number of ether oxygens (including phenoxy) is 1. The van der Waals surface area contributed by atoms with Crippen LogP contribution >= 0.6 is 0 Å². The van der Waals surface area contributed by atoms with Gasteiger partial charge in [-0.2, -0.15) is 0 Å². The Bertz CT molecular complexity index is 1860. The minimum absolute atomic E-state index is 0.0116. The maximum Gasteiger partial charge on any atom is 0.341 e. The minimum Gasteiger partial charge on any atom is -0.482 e. The number of carboxylic acid groups (broad SMARTS) is 2. The number of aryl methyl sites for hydroxylation is 1. The van der Waals surface area contributed by atoms with Gasteiger partial charge in [-0.25, -0.2) is 14.6 Å². The molecule has 1 amide bonds. The molecule has 6 rings (SSSR count). The minimum atomic E-state index is -1.22. The number of aromatic amines is 1. The SMILES string of the molecule is Cc1[nH]c2ccc(OCC(=O)O)cc2c1C[C@H](NC(=O)c1ccc2c(c1)nc(-c1ccccn1)n2C1CCCCC1)C(=O)O. The van der Waals surface area contributed by atoms with Gasteiger partial charge in [0.2, 0.25) is 0 Å². The molecule has 2 aromatic carbocycles. The number of carboxylic acids is 2. The molecule has 44 heavy (non-hydrogen) atoms. The Morgan fingerprint density at radius 2 is 1.89 bits per heavy atom. The number of rotatable bonds is 10. The van der Waals surface area contributed by atoms with Crippen LogP contribution in [-0.2, 0) is 16.0 Å². The molecule has 226 valence electrons. The first kappa shape index (κ1) is 28.9. The van der Waals surface area contributed by atoms with Crippen molar-refractivity contribution in [2.45, 2.75) is 57.5 Å². The van der Waals surface area contributed by atoms with Gasteiger partial charge >= 0.3 is 11.9 Å². The Morgan fingerprint density at radius 3 is 2.61 bits per heavy atom. The molecule has 5 aromatic rings. The Morgan fingerprint density at radius 1 is 1.07 bits per heavy atom. The lowest BCUT2D eigenvalue weighted by molar-refractivity contribution is -0.140. The van der Waals surface area contributed by atoms with E-state index in [1.807, 2.05) is 31.2 Å². The van der Waals surface area contributed by atoms with Gasteiger partial charge in [-0.3, -0.25) is 9.78 Å². The number of hydrogen-bond acceptors (Lipinski definition) is 6. The molecule has 0 radical (unpaired) electrons. The Labute approximate surface area is 252 Å². The number of carbonyl (C=O) groups excluding carboxylic acids is 1. The molecule has 4 N–H and O–H groups in total. The summed E-state index contributed by atoms with van der Waals surface area (Å²) in [4.78, 5) is 49.4. The van der Waals surface area contributed by atoms with E-state index >= 15 is 0 Å². The fraction of sp³-hybridized carbons (Fsp3) is 0.303. The zero-order valence-corrected chi connectivity index (χ0v) is 24.2. The highest BCUT2D eigenvalue weighted by atomic mass is 16.5. The summed E-state index contributed by atoms with van der Waals surface area (Å²) < 4.78 is 7.56. The summed E-state index contributed by atoms with van der Waals surface area (Å²) in [5.74, 6) is -1.69. The second-order valence-electron chi connectivity index (χ2n) is 11.2. The van der Waals surface area contributed by atoms with E-state index in [0.29, 0.717) is 27.8 Å². The number of aliphatic carboxylic acids is 2. The molecule has 1 atom stereocenters. The van der Waals surface area contributed by atoms with E-state index in [-0.39, 0.29) is 12.5 Å². The summed E-state index contributed by atoms with van der Waals surface area (Å²) in [5, 5.41) is 22.4. The van der Waals surface area contributed by atoms with Gasteiger partial charge in [0.25, 0.3) is 5.91 Å². The highest BCUT2D eigenvalue weighted by molar-refractivity contribution is 6.00. The molecule has 3 heterocycles.